The van der Waals surface area contributed by atoms with Crippen LogP contribution in [-0.2, 0) is 6.42 Å². The summed E-state index contributed by atoms with van der Waals surface area (Å²) < 4.78 is 2.05. The molecule has 3 aromatic heterocycles. The predicted octanol–water partition coefficient (Wildman–Crippen LogP) is 3.34. The van der Waals surface area contributed by atoms with Gasteiger partial charge >= 0.3 is 0 Å². The smallest absolute Gasteiger partial charge is 0.195 e. The van der Waals surface area contributed by atoms with E-state index in [0.717, 1.165) is 29.3 Å². The largest absolute Gasteiger partial charge is 0.308 e. The normalized spacial score (nSPS) is 12.9. The van der Waals surface area contributed by atoms with Crippen LogP contribution >= 0.6 is 22.9 Å². The van der Waals surface area contributed by atoms with Gasteiger partial charge in [0.05, 0.1) is 5.69 Å². The number of hydrogen-bond acceptors (Lipinski definition) is 4. The van der Waals surface area contributed by atoms with Gasteiger partial charge in [0.25, 0.3) is 0 Å². The van der Waals surface area contributed by atoms with Crippen LogP contribution in [0.1, 0.15) is 24.4 Å². The Labute approximate surface area is 126 Å². The van der Waals surface area contributed by atoms with E-state index in [2.05, 4.69) is 22.2 Å². The molecule has 1 unspecified atom stereocenters. The first kappa shape index (κ1) is 13.5. The molecule has 0 aromatic carbocycles. The Morgan fingerprint density at radius 1 is 1.45 bits per heavy atom. The highest BCUT2D eigenvalue weighted by Gasteiger charge is 2.16. The van der Waals surface area contributed by atoms with Crippen LogP contribution in [0.5, 0.6) is 0 Å². The van der Waals surface area contributed by atoms with Gasteiger partial charge in [0.1, 0.15) is 0 Å². The number of imidazole rings is 1. The summed E-state index contributed by atoms with van der Waals surface area (Å²) in [6, 6.07) is 6.12. The summed E-state index contributed by atoms with van der Waals surface area (Å²) in [5, 5.41) is 6.07. The number of pyridine rings is 1. The first-order chi connectivity index (χ1) is 9.75. The summed E-state index contributed by atoms with van der Waals surface area (Å²) in [5.41, 5.74) is 2.11. The zero-order chi connectivity index (χ0) is 13.9. The molecule has 0 amide bonds. The van der Waals surface area contributed by atoms with Crippen LogP contribution in [0.2, 0.25) is 5.15 Å². The highest BCUT2D eigenvalue weighted by Crippen LogP contribution is 2.26. The maximum atomic E-state index is 6.22. The number of halogens is 1. The van der Waals surface area contributed by atoms with Gasteiger partial charge in [0, 0.05) is 42.5 Å². The third kappa shape index (κ3) is 2.70. The lowest BCUT2D eigenvalue weighted by molar-refractivity contribution is 0.559. The SMILES string of the molecule is CC(NCCc1ccccn1)c1c(Cl)nc2sccn12. The molecule has 1 atom stereocenters. The minimum Gasteiger partial charge on any atom is -0.308 e. The van der Waals surface area contributed by atoms with Gasteiger partial charge in [-0.05, 0) is 19.1 Å². The highest BCUT2D eigenvalue weighted by atomic mass is 35.5. The Morgan fingerprint density at radius 3 is 3.15 bits per heavy atom. The van der Waals surface area contributed by atoms with E-state index in [-0.39, 0.29) is 6.04 Å². The fourth-order valence-electron chi connectivity index (χ4n) is 2.22. The standard InChI is InChI=1S/C14H15ClN4S/c1-10(16-7-5-11-4-2-3-6-17-11)12-13(15)18-14-19(12)8-9-20-14/h2-4,6,8-10,16H,5,7H2,1H3. The Hall–Kier alpha value is -1.43. The first-order valence-corrected chi connectivity index (χ1v) is 7.75. The van der Waals surface area contributed by atoms with Crippen molar-refractivity contribution in [3.63, 3.8) is 0 Å². The van der Waals surface area contributed by atoms with Crippen LogP contribution in [0, 0.1) is 0 Å². The fourth-order valence-corrected chi connectivity index (χ4v) is 3.33. The minimum atomic E-state index is 0.149. The average molecular weight is 307 g/mol. The quantitative estimate of drug-likeness (QED) is 0.786. The molecule has 0 saturated carbocycles. The average Bonchev–Trinajstić information content (AvgIpc) is 2.99. The van der Waals surface area contributed by atoms with E-state index in [0.29, 0.717) is 5.15 Å². The number of hydrogen-bond donors (Lipinski definition) is 1. The summed E-state index contributed by atoms with van der Waals surface area (Å²) in [7, 11) is 0. The van der Waals surface area contributed by atoms with E-state index in [9.17, 15) is 0 Å². The van der Waals surface area contributed by atoms with Gasteiger partial charge in [-0.25, -0.2) is 4.98 Å². The molecule has 0 fully saturated rings. The molecular formula is C14H15ClN4S. The Morgan fingerprint density at radius 2 is 2.35 bits per heavy atom. The molecule has 0 aliphatic rings. The minimum absolute atomic E-state index is 0.149. The second-order valence-electron chi connectivity index (χ2n) is 4.59. The number of rotatable bonds is 5. The summed E-state index contributed by atoms with van der Waals surface area (Å²) in [5.74, 6) is 0. The summed E-state index contributed by atoms with van der Waals surface area (Å²) in [6.07, 6.45) is 4.72. The molecule has 1 N–H and O–H groups in total. The molecule has 0 aliphatic heterocycles. The van der Waals surface area contributed by atoms with Gasteiger partial charge < -0.3 is 5.32 Å². The number of thiazole rings is 1. The van der Waals surface area contributed by atoms with Crippen molar-refractivity contribution in [1.29, 1.82) is 0 Å². The van der Waals surface area contributed by atoms with E-state index in [1.165, 1.54) is 0 Å². The predicted molar refractivity (Wildman–Crippen MR) is 82.4 cm³/mol. The lowest BCUT2D eigenvalue weighted by Gasteiger charge is -2.13. The van der Waals surface area contributed by atoms with Gasteiger partial charge in [-0.3, -0.25) is 9.38 Å². The summed E-state index contributed by atoms with van der Waals surface area (Å²) in [6.45, 7) is 2.96. The second kappa shape index (κ2) is 5.91. The van der Waals surface area contributed by atoms with Crippen molar-refractivity contribution in [3.8, 4) is 0 Å². The van der Waals surface area contributed by atoms with E-state index in [1.807, 2.05) is 40.4 Å². The van der Waals surface area contributed by atoms with Gasteiger partial charge in [0.2, 0.25) is 0 Å². The van der Waals surface area contributed by atoms with E-state index < -0.39 is 0 Å². The van der Waals surface area contributed by atoms with Gasteiger partial charge in [-0.15, -0.1) is 11.3 Å². The topological polar surface area (TPSA) is 42.2 Å². The maximum Gasteiger partial charge on any atom is 0.195 e. The van der Waals surface area contributed by atoms with Crippen molar-refractivity contribution >= 4 is 27.9 Å². The van der Waals surface area contributed by atoms with Gasteiger partial charge in [0.15, 0.2) is 10.1 Å². The maximum absolute atomic E-state index is 6.22. The van der Waals surface area contributed by atoms with Crippen LogP contribution < -0.4 is 5.32 Å². The van der Waals surface area contributed by atoms with Crippen molar-refractivity contribution in [2.24, 2.45) is 0 Å². The second-order valence-corrected chi connectivity index (χ2v) is 5.82. The number of aromatic nitrogens is 3. The van der Waals surface area contributed by atoms with Crippen LogP contribution in [-0.4, -0.2) is 20.9 Å². The van der Waals surface area contributed by atoms with Crippen LogP contribution in [0.3, 0.4) is 0 Å². The molecule has 3 rings (SSSR count). The third-order valence-electron chi connectivity index (χ3n) is 3.22. The van der Waals surface area contributed by atoms with Crippen LogP contribution in [0.25, 0.3) is 4.96 Å². The third-order valence-corrected chi connectivity index (χ3v) is 4.26. The molecule has 0 radical (unpaired) electrons. The molecule has 3 heterocycles. The first-order valence-electron chi connectivity index (χ1n) is 6.50. The van der Waals surface area contributed by atoms with Crippen LogP contribution in [0.4, 0.5) is 0 Å². The van der Waals surface area contributed by atoms with E-state index in [4.69, 9.17) is 11.6 Å². The van der Waals surface area contributed by atoms with Crippen molar-refractivity contribution in [2.75, 3.05) is 6.54 Å². The van der Waals surface area contributed by atoms with Crippen molar-refractivity contribution < 1.29 is 0 Å². The molecule has 20 heavy (non-hydrogen) atoms. The molecule has 0 aliphatic carbocycles. The Bertz CT molecular complexity index is 692. The number of fused-ring (bicyclic) bond motifs is 1. The van der Waals surface area contributed by atoms with Crippen molar-refractivity contribution in [1.82, 2.24) is 19.7 Å². The molecule has 104 valence electrons. The zero-order valence-electron chi connectivity index (χ0n) is 11.1. The fraction of sp³-hybridized carbons (Fsp3) is 0.286. The molecule has 0 bridgehead atoms. The van der Waals surface area contributed by atoms with Crippen molar-refractivity contribution in [2.45, 2.75) is 19.4 Å². The van der Waals surface area contributed by atoms with Gasteiger partial charge in [-0.1, -0.05) is 17.7 Å². The van der Waals surface area contributed by atoms with Crippen molar-refractivity contribution in [3.05, 3.63) is 52.5 Å². The van der Waals surface area contributed by atoms with E-state index in [1.54, 1.807) is 11.3 Å². The zero-order valence-corrected chi connectivity index (χ0v) is 12.7. The monoisotopic (exact) mass is 306 g/mol. The Balaban J connectivity index is 1.66. The lowest BCUT2D eigenvalue weighted by Crippen LogP contribution is -2.22. The van der Waals surface area contributed by atoms with E-state index >= 15 is 0 Å². The number of nitrogens with zero attached hydrogens (tertiary/aromatic N) is 3. The summed E-state index contributed by atoms with van der Waals surface area (Å²) >= 11 is 7.81. The molecule has 0 spiro atoms. The Kier molecular flexibility index (Phi) is 4.00. The molecule has 4 nitrogen and oxygen atoms in total. The molecule has 0 saturated heterocycles. The van der Waals surface area contributed by atoms with Crippen LogP contribution in [0.15, 0.2) is 36.0 Å². The molecule has 3 aromatic rings. The summed E-state index contributed by atoms with van der Waals surface area (Å²) in [4.78, 5) is 9.60. The number of nitrogens with one attached hydrogen (secondary N) is 1. The molecular weight excluding hydrogens is 292 g/mol. The van der Waals surface area contributed by atoms with Gasteiger partial charge in [-0.2, -0.15) is 0 Å². The lowest BCUT2D eigenvalue weighted by atomic mass is 10.2. The highest BCUT2D eigenvalue weighted by molar-refractivity contribution is 7.15. The molecule has 6 heteroatoms.